The normalized spacial score (nSPS) is 39.6. The van der Waals surface area contributed by atoms with Crippen LogP contribution in [0.15, 0.2) is 0 Å². The summed E-state index contributed by atoms with van der Waals surface area (Å²) < 4.78 is 39.3. The van der Waals surface area contributed by atoms with Gasteiger partial charge in [0.1, 0.15) is 73.1 Å². The quantitative estimate of drug-likeness (QED) is 0.0527. The SMILES string of the molecule is COC(=O)CCCCCO[C@H]1O[C@H](CO[C@@H]2O[C@H](CO)[C@@H](O)[C@H](O)[C@@H]2NC(C)=O)[C@H](O)[C@H](O)[C@H]1O[C@@H]1O[C@H](CO)[C@@H](O)[C@H](O)[C@@H]1NC(C)=O. The van der Waals surface area contributed by atoms with Gasteiger partial charge in [-0.15, -0.1) is 0 Å². The van der Waals surface area contributed by atoms with Crippen LogP contribution in [0.2, 0.25) is 0 Å². The number of aliphatic hydroxyl groups excluding tert-OH is 8. The number of nitrogens with one attached hydrogen (secondary N) is 2. The Morgan fingerprint density at radius 1 is 0.633 bits per heavy atom. The predicted molar refractivity (Wildman–Crippen MR) is 159 cm³/mol. The van der Waals surface area contributed by atoms with E-state index in [4.69, 9.17) is 28.4 Å². The molecule has 10 N–H and O–H groups in total. The lowest BCUT2D eigenvalue weighted by atomic mass is 9.95. The molecule has 3 fully saturated rings. The molecule has 3 aliphatic rings. The van der Waals surface area contributed by atoms with Crippen molar-refractivity contribution in [1.29, 1.82) is 0 Å². The highest BCUT2D eigenvalue weighted by Crippen LogP contribution is 2.31. The third-order valence-electron chi connectivity index (χ3n) is 8.40. The third kappa shape index (κ3) is 10.9. The molecule has 0 bridgehead atoms. The highest BCUT2D eigenvalue weighted by Gasteiger charge is 2.52. The van der Waals surface area contributed by atoms with Crippen LogP contribution >= 0.6 is 0 Å². The van der Waals surface area contributed by atoms with E-state index in [1.54, 1.807) is 0 Å². The summed E-state index contributed by atoms with van der Waals surface area (Å²) in [4.78, 5) is 35.1. The molecule has 0 aliphatic carbocycles. The number of esters is 1. The van der Waals surface area contributed by atoms with Gasteiger partial charge in [0.05, 0.1) is 26.9 Å². The van der Waals surface area contributed by atoms with Crippen molar-refractivity contribution in [2.45, 2.75) is 132 Å². The summed E-state index contributed by atoms with van der Waals surface area (Å²) in [6.45, 7) is 0.313. The largest absolute Gasteiger partial charge is 0.469 e. The van der Waals surface area contributed by atoms with Gasteiger partial charge < -0.3 is 84.6 Å². The standard InChI is InChI=1S/C29H50N2O18/c1-12(34)30-18-23(40)20(37)14(9-32)46-27(18)45-11-16-22(39)25(42)26(29(48-16)44-8-6-4-5-7-17(36)43-3)49-28-19(31-13(2)35)24(41)21(38)15(10-33)47-28/h14-16,18-29,32-33,37-42H,4-11H2,1-3H3,(H,30,34)(H,31,35)/t14-,15-,16-,18+,19+,20-,21-,22+,23-,24-,25+,26-,27-,28+,29+/m1/s1. The minimum atomic E-state index is -1.80. The zero-order valence-corrected chi connectivity index (χ0v) is 27.5. The molecule has 0 aromatic carbocycles. The molecule has 20 nitrogen and oxygen atoms in total. The van der Waals surface area contributed by atoms with Crippen molar-refractivity contribution in [3.05, 3.63) is 0 Å². The van der Waals surface area contributed by atoms with Crippen LogP contribution in [0.25, 0.3) is 0 Å². The minimum absolute atomic E-state index is 0.00193. The number of rotatable bonds is 16. The number of carbonyl (C=O) groups excluding carboxylic acids is 3. The van der Waals surface area contributed by atoms with Gasteiger partial charge in [0.25, 0.3) is 0 Å². The first-order valence-electron chi connectivity index (χ1n) is 16.0. The molecular formula is C29H50N2O18. The van der Waals surface area contributed by atoms with Crippen molar-refractivity contribution < 1.29 is 88.4 Å². The smallest absolute Gasteiger partial charge is 0.305 e. The average Bonchev–Trinajstić information content (AvgIpc) is 3.06. The second-order valence-electron chi connectivity index (χ2n) is 12.1. The molecule has 0 spiro atoms. The van der Waals surface area contributed by atoms with Gasteiger partial charge in [0, 0.05) is 26.9 Å². The van der Waals surface area contributed by atoms with E-state index in [1.165, 1.54) is 7.11 Å². The molecule has 0 unspecified atom stereocenters. The van der Waals surface area contributed by atoms with Gasteiger partial charge >= 0.3 is 5.97 Å². The van der Waals surface area contributed by atoms with Crippen molar-refractivity contribution in [1.82, 2.24) is 10.6 Å². The summed E-state index contributed by atoms with van der Waals surface area (Å²) >= 11 is 0. The van der Waals surface area contributed by atoms with Crippen molar-refractivity contribution in [3.8, 4) is 0 Å². The van der Waals surface area contributed by atoms with Gasteiger partial charge in [-0.2, -0.15) is 0 Å². The Balaban J connectivity index is 1.79. The summed E-state index contributed by atoms with van der Waals surface area (Å²) in [5.74, 6) is -1.60. The van der Waals surface area contributed by atoms with Crippen LogP contribution in [0.5, 0.6) is 0 Å². The zero-order chi connectivity index (χ0) is 36.4. The Hall–Kier alpha value is -2.15. The number of aliphatic hydroxyl groups is 8. The van der Waals surface area contributed by atoms with Crippen LogP contribution in [0.4, 0.5) is 0 Å². The summed E-state index contributed by atoms with van der Waals surface area (Å²) in [6, 6.07) is -2.69. The second kappa shape index (κ2) is 19.5. The van der Waals surface area contributed by atoms with Gasteiger partial charge in [0.2, 0.25) is 11.8 Å². The van der Waals surface area contributed by atoms with Crippen LogP contribution in [-0.2, 0) is 47.5 Å². The molecular weight excluding hydrogens is 664 g/mol. The molecule has 20 heteroatoms. The van der Waals surface area contributed by atoms with E-state index < -0.39 is 124 Å². The fraction of sp³-hybridized carbons (Fsp3) is 0.897. The lowest BCUT2D eigenvalue weighted by Crippen LogP contribution is -2.68. The fourth-order valence-electron chi connectivity index (χ4n) is 5.72. The molecule has 49 heavy (non-hydrogen) atoms. The van der Waals surface area contributed by atoms with E-state index >= 15 is 0 Å². The number of hydrogen-bond donors (Lipinski definition) is 10. The van der Waals surface area contributed by atoms with E-state index in [0.29, 0.717) is 19.3 Å². The molecule has 3 saturated heterocycles. The first kappa shape index (κ1) is 41.3. The molecule has 15 atom stereocenters. The van der Waals surface area contributed by atoms with Crippen molar-refractivity contribution >= 4 is 17.8 Å². The molecule has 3 aliphatic heterocycles. The summed E-state index contributed by atoms with van der Waals surface area (Å²) in [5.41, 5.74) is 0. The summed E-state index contributed by atoms with van der Waals surface area (Å²) in [7, 11) is 1.28. The highest BCUT2D eigenvalue weighted by molar-refractivity contribution is 5.73. The Kier molecular flexibility index (Phi) is 16.4. The van der Waals surface area contributed by atoms with Crippen molar-refractivity contribution in [2.24, 2.45) is 0 Å². The number of ether oxygens (including phenoxy) is 7. The molecule has 3 rings (SSSR count). The predicted octanol–water partition coefficient (Wildman–Crippen LogP) is -5.53. The number of amides is 2. The van der Waals surface area contributed by atoms with Gasteiger partial charge in [-0.25, -0.2) is 0 Å². The number of carbonyl (C=O) groups is 3. The summed E-state index contributed by atoms with van der Waals surface area (Å²) in [5, 5.41) is 88.3. The molecule has 0 saturated carbocycles. The fourth-order valence-corrected chi connectivity index (χ4v) is 5.72. The average molecular weight is 715 g/mol. The van der Waals surface area contributed by atoms with Crippen LogP contribution in [-0.4, -0.2) is 184 Å². The Morgan fingerprint density at radius 2 is 1.14 bits per heavy atom. The topological polar surface area (TPSA) is 302 Å². The maximum atomic E-state index is 11.9. The molecule has 0 aromatic heterocycles. The van der Waals surface area contributed by atoms with Crippen molar-refractivity contribution in [2.75, 3.05) is 33.5 Å². The van der Waals surface area contributed by atoms with Crippen LogP contribution in [0.3, 0.4) is 0 Å². The van der Waals surface area contributed by atoms with Crippen LogP contribution in [0.1, 0.15) is 39.5 Å². The second-order valence-corrected chi connectivity index (χ2v) is 12.1. The minimum Gasteiger partial charge on any atom is -0.469 e. The number of unbranched alkanes of at least 4 members (excludes halogenated alkanes) is 2. The van der Waals surface area contributed by atoms with E-state index in [1.807, 2.05) is 0 Å². The summed E-state index contributed by atoms with van der Waals surface area (Å²) in [6.07, 6.45) is -18.5. The number of methoxy groups -OCH3 is 1. The molecule has 0 radical (unpaired) electrons. The van der Waals surface area contributed by atoms with Crippen LogP contribution < -0.4 is 10.6 Å². The highest BCUT2D eigenvalue weighted by atomic mass is 16.8. The molecule has 0 aromatic rings. The van der Waals surface area contributed by atoms with E-state index in [2.05, 4.69) is 15.4 Å². The van der Waals surface area contributed by atoms with Crippen molar-refractivity contribution in [3.63, 3.8) is 0 Å². The van der Waals surface area contributed by atoms with Gasteiger partial charge in [0.15, 0.2) is 18.9 Å². The van der Waals surface area contributed by atoms with Gasteiger partial charge in [-0.1, -0.05) is 6.42 Å². The molecule has 2 amide bonds. The van der Waals surface area contributed by atoms with E-state index in [0.717, 1.165) is 13.8 Å². The van der Waals surface area contributed by atoms with Crippen LogP contribution in [0, 0.1) is 0 Å². The third-order valence-corrected chi connectivity index (χ3v) is 8.40. The molecule has 3 heterocycles. The first-order chi connectivity index (χ1) is 23.2. The maximum absolute atomic E-state index is 11.9. The lowest BCUT2D eigenvalue weighted by molar-refractivity contribution is -0.360. The maximum Gasteiger partial charge on any atom is 0.305 e. The van der Waals surface area contributed by atoms with Gasteiger partial charge in [-0.05, 0) is 12.8 Å². The Labute approximate surface area is 282 Å². The van der Waals surface area contributed by atoms with Gasteiger partial charge in [-0.3, -0.25) is 14.4 Å². The monoisotopic (exact) mass is 714 g/mol. The Bertz CT molecular complexity index is 1050. The van der Waals surface area contributed by atoms with E-state index in [9.17, 15) is 55.2 Å². The Morgan fingerprint density at radius 3 is 1.67 bits per heavy atom. The lowest BCUT2D eigenvalue weighted by Gasteiger charge is -2.47. The first-order valence-corrected chi connectivity index (χ1v) is 16.0. The molecule has 284 valence electrons. The van der Waals surface area contributed by atoms with E-state index in [-0.39, 0.29) is 19.0 Å². The zero-order valence-electron chi connectivity index (χ0n) is 27.5. The number of hydrogen-bond acceptors (Lipinski definition) is 18.